The van der Waals surface area contributed by atoms with Crippen LogP contribution in [0.3, 0.4) is 0 Å². The van der Waals surface area contributed by atoms with E-state index in [-0.39, 0.29) is 24.0 Å². The van der Waals surface area contributed by atoms with Crippen molar-refractivity contribution in [2.24, 2.45) is 5.92 Å². The Morgan fingerprint density at radius 2 is 1.57 bits per heavy atom. The Morgan fingerprint density at radius 1 is 0.971 bits per heavy atom. The number of carboxylic acid groups (broad SMARTS) is 1. The first-order valence-electron chi connectivity index (χ1n) is 11.2. The van der Waals surface area contributed by atoms with Gasteiger partial charge >= 0.3 is 12.1 Å². The fraction of sp³-hybridized carbons (Fsp3) is 0.222. The van der Waals surface area contributed by atoms with E-state index in [4.69, 9.17) is 4.74 Å². The molecule has 2 amide bonds. The molecule has 3 aromatic rings. The third kappa shape index (κ3) is 5.22. The fourth-order valence-electron chi connectivity index (χ4n) is 4.27. The molecule has 0 spiro atoms. The molecule has 35 heavy (non-hydrogen) atoms. The number of fused-ring (bicyclic) bond motifs is 3. The molecule has 1 aliphatic rings. The van der Waals surface area contributed by atoms with Crippen LogP contribution in [0.2, 0.25) is 0 Å². The third-order valence-electron chi connectivity index (χ3n) is 6.04. The first kappa shape index (κ1) is 24.5. The lowest BCUT2D eigenvalue weighted by Gasteiger charge is -2.22. The van der Waals surface area contributed by atoms with E-state index in [1.165, 1.54) is 12.1 Å². The Morgan fingerprint density at radius 3 is 2.14 bits per heavy atom. The summed E-state index contributed by atoms with van der Waals surface area (Å²) < 4.78 is 6.11. The summed E-state index contributed by atoms with van der Waals surface area (Å²) in [7, 11) is 0. The van der Waals surface area contributed by atoms with Crippen LogP contribution >= 0.6 is 15.9 Å². The average Bonchev–Trinajstić information content (AvgIpc) is 3.16. The number of anilines is 1. The molecular formula is C27H25BrN2O5. The van der Waals surface area contributed by atoms with Crippen LogP contribution in [-0.2, 0) is 9.53 Å². The molecule has 0 unspecified atom stereocenters. The summed E-state index contributed by atoms with van der Waals surface area (Å²) in [4.78, 5) is 36.9. The number of hydrogen-bond acceptors (Lipinski definition) is 4. The van der Waals surface area contributed by atoms with Crippen LogP contribution < -0.4 is 10.6 Å². The van der Waals surface area contributed by atoms with Gasteiger partial charge in [-0.2, -0.15) is 0 Å². The van der Waals surface area contributed by atoms with Crippen molar-refractivity contribution >= 4 is 39.6 Å². The van der Waals surface area contributed by atoms with E-state index < -0.39 is 24.0 Å². The van der Waals surface area contributed by atoms with Gasteiger partial charge in [-0.3, -0.25) is 4.79 Å². The zero-order chi connectivity index (χ0) is 25.1. The highest BCUT2D eigenvalue weighted by atomic mass is 79.9. The second kappa shape index (κ2) is 10.3. The predicted octanol–water partition coefficient (Wildman–Crippen LogP) is 5.65. The van der Waals surface area contributed by atoms with Crippen LogP contribution in [0.5, 0.6) is 0 Å². The van der Waals surface area contributed by atoms with Crippen molar-refractivity contribution in [3.63, 3.8) is 0 Å². The topological polar surface area (TPSA) is 105 Å². The van der Waals surface area contributed by atoms with Crippen molar-refractivity contribution in [2.45, 2.75) is 25.8 Å². The maximum atomic E-state index is 13.0. The molecule has 0 saturated heterocycles. The number of carbonyl (C=O) groups excluding carboxylic acids is 2. The molecule has 3 N–H and O–H groups in total. The van der Waals surface area contributed by atoms with Crippen LogP contribution in [0.1, 0.15) is 41.3 Å². The molecule has 180 valence electrons. The van der Waals surface area contributed by atoms with Crippen molar-refractivity contribution in [1.82, 2.24) is 5.32 Å². The molecule has 0 heterocycles. The molecule has 0 saturated carbocycles. The zero-order valence-electron chi connectivity index (χ0n) is 19.2. The highest BCUT2D eigenvalue weighted by Crippen LogP contribution is 2.44. The van der Waals surface area contributed by atoms with Gasteiger partial charge < -0.3 is 20.5 Å². The highest BCUT2D eigenvalue weighted by molar-refractivity contribution is 9.10. The van der Waals surface area contributed by atoms with E-state index in [1.807, 2.05) is 36.4 Å². The van der Waals surface area contributed by atoms with Crippen LogP contribution in [0.15, 0.2) is 71.2 Å². The van der Waals surface area contributed by atoms with Gasteiger partial charge in [0.2, 0.25) is 5.91 Å². The monoisotopic (exact) mass is 536 g/mol. The van der Waals surface area contributed by atoms with Crippen molar-refractivity contribution in [3.05, 3.63) is 87.9 Å². The van der Waals surface area contributed by atoms with Crippen LogP contribution in [0, 0.1) is 5.92 Å². The SMILES string of the molecule is CC(C)[C@H](NC(=O)OCC1c2ccccc2-c2ccccc21)C(=O)Nc1cc(C(=O)O)ccc1Br. The second-order valence-corrected chi connectivity index (χ2v) is 9.53. The normalized spacial score (nSPS) is 13.0. The number of nitrogens with one attached hydrogen (secondary N) is 2. The van der Waals surface area contributed by atoms with E-state index in [0.717, 1.165) is 22.3 Å². The Kier molecular flexibility index (Phi) is 7.21. The van der Waals surface area contributed by atoms with E-state index in [0.29, 0.717) is 10.2 Å². The van der Waals surface area contributed by atoms with Gasteiger partial charge in [-0.25, -0.2) is 9.59 Å². The van der Waals surface area contributed by atoms with Crippen LogP contribution in [0.25, 0.3) is 11.1 Å². The summed E-state index contributed by atoms with van der Waals surface area (Å²) in [6.07, 6.45) is -0.695. The summed E-state index contributed by atoms with van der Waals surface area (Å²) in [5.74, 6) is -1.91. The highest BCUT2D eigenvalue weighted by Gasteiger charge is 2.30. The Labute approximate surface area is 211 Å². The molecule has 0 aliphatic heterocycles. The molecule has 1 aliphatic carbocycles. The van der Waals surface area contributed by atoms with E-state index >= 15 is 0 Å². The molecule has 0 bridgehead atoms. The van der Waals surface area contributed by atoms with Gasteiger partial charge in [-0.05, 0) is 62.3 Å². The Hall–Kier alpha value is -3.65. The van der Waals surface area contributed by atoms with Crippen LogP contribution in [0.4, 0.5) is 10.5 Å². The lowest BCUT2D eigenvalue weighted by Crippen LogP contribution is -2.47. The van der Waals surface area contributed by atoms with Crippen LogP contribution in [-0.4, -0.2) is 35.7 Å². The van der Waals surface area contributed by atoms with Gasteiger partial charge in [0.1, 0.15) is 12.6 Å². The molecule has 1 atom stereocenters. The minimum absolute atomic E-state index is 0.0362. The summed E-state index contributed by atoms with van der Waals surface area (Å²) in [6, 6.07) is 19.5. The lowest BCUT2D eigenvalue weighted by atomic mass is 9.98. The molecule has 4 rings (SSSR count). The second-order valence-electron chi connectivity index (χ2n) is 8.68. The maximum Gasteiger partial charge on any atom is 0.407 e. The number of carbonyl (C=O) groups is 3. The number of halogens is 1. The number of aromatic carboxylic acids is 1. The molecule has 0 fully saturated rings. The van der Waals surface area contributed by atoms with Crippen molar-refractivity contribution < 1.29 is 24.2 Å². The molecular weight excluding hydrogens is 512 g/mol. The maximum absolute atomic E-state index is 13.0. The van der Waals surface area contributed by atoms with Crippen molar-refractivity contribution in [2.75, 3.05) is 11.9 Å². The minimum Gasteiger partial charge on any atom is -0.478 e. The molecule has 7 nitrogen and oxygen atoms in total. The lowest BCUT2D eigenvalue weighted by molar-refractivity contribution is -0.119. The Bertz CT molecular complexity index is 1240. The summed E-state index contributed by atoms with van der Waals surface area (Å²) in [5, 5.41) is 14.6. The number of alkyl carbamates (subject to hydrolysis) is 1. The summed E-state index contributed by atoms with van der Waals surface area (Å²) in [6.45, 7) is 3.74. The fourth-order valence-corrected chi connectivity index (χ4v) is 4.61. The minimum atomic E-state index is -1.11. The number of benzene rings is 3. The number of ether oxygens (including phenoxy) is 1. The summed E-state index contributed by atoms with van der Waals surface area (Å²) >= 11 is 3.31. The van der Waals surface area contributed by atoms with Gasteiger partial charge in [-0.15, -0.1) is 0 Å². The molecule has 0 aromatic heterocycles. The van der Waals surface area contributed by atoms with Crippen molar-refractivity contribution in [3.8, 4) is 11.1 Å². The van der Waals surface area contributed by atoms with E-state index in [9.17, 15) is 19.5 Å². The molecule has 3 aromatic carbocycles. The zero-order valence-corrected chi connectivity index (χ0v) is 20.8. The van der Waals surface area contributed by atoms with Gasteiger partial charge in [0, 0.05) is 10.4 Å². The molecule has 8 heteroatoms. The smallest absolute Gasteiger partial charge is 0.407 e. The number of hydrogen-bond donors (Lipinski definition) is 3. The van der Waals surface area contributed by atoms with Gasteiger partial charge in [0.05, 0.1) is 11.3 Å². The summed E-state index contributed by atoms with van der Waals surface area (Å²) in [5.41, 5.74) is 4.80. The quantitative estimate of drug-likeness (QED) is 0.362. The first-order valence-corrected chi connectivity index (χ1v) is 12.0. The largest absolute Gasteiger partial charge is 0.478 e. The Balaban J connectivity index is 1.43. The van der Waals surface area contributed by atoms with Gasteiger partial charge in [0.25, 0.3) is 0 Å². The predicted molar refractivity (Wildman–Crippen MR) is 137 cm³/mol. The standard InChI is InChI=1S/C27H25BrN2O5/c1-15(2)24(25(31)29-23-13-16(26(32)33)11-12-22(23)28)30-27(34)35-14-21-19-9-5-3-7-17(19)18-8-4-6-10-20(18)21/h3-13,15,21,24H,14H2,1-2H3,(H,29,31)(H,30,34)(H,32,33)/t24-/m0/s1. The number of rotatable bonds is 7. The average molecular weight is 537 g/mol. The third-order valence-corrected chi connectivity index (χ3v) is 6.73. The van der Waals surface area contributed by atoms with E-state index in [1.54, 1.807) is 19.9 Å². The number of amides is 2. The van der Waals surface area contributed by atoms with Gasteiger partial charge in [0.15, 0.2) is 0 Å². The number of carboxylic acids is 1. The van der Waals surface area contributed by atoms with E-state index in [2.05, 4.69) is 38.7 Å². The van der Waals surface area contributed by atoms with Crippen molar-refractivity contribution in [1.29, 1.82) is 0 Å². The van der Waals surface area contributed by atoms with Gasteiger partial charge in [-0.1, -0.05) is 62.4 Å². The molecule has 0 radical (unpaired) electrons. The first-order chi connectivity index (χ1) is 16.8.